The van der Waals surface area contributed by atoms with Crippen LogP contribution in [-0.4, -0.2) is 30.6 Å². The van der Waals surface area contributed by atoms with E-state index in [1.807, 2.05) is 19.3 Å². The molecule has 0 saturated heterocycles. The lowest BCUT2D eigenvalue weighted by Gasteiger charge is -2.25. The van der Waals surface area contributed by atoms with E-state index in [0.29, 0.717) is 0 Å². The Morgan fingerprint density at radius 3 is 2.84 bits per heavy atom. The van der Waals surface area contributed by atoms with E-state index in [1.54, 1.807) is 0 Å². The third kappa shape index (κ3) is 4.46. The Balaban J connectivity index is 1.84. The van der Waals surface area contributed by atoms with E-state index in [9.17, 15) is 0 Å². The smallest absolute Gasteiger partial charge is 0.144 e. The molecule has 0 aromatic carbocycles. The van der Waals surface area contributed by atoms with Gasteiger partial charge in [0.25, 0.3) is 0 Å². The summed E-state index contributed by atoms with van der Waals surface area (Å²) in [6.07, 6.45) is 10.3. The molecule has 1 aliphatic rings. The molecule has 1 fully saturated rings. The van der Waals surface area contributed by atoms with E-state index in [0.717, 1.165) is 30.6 Å². The fraction of sp³-hybridized carbons (Fsp3) is 0.733. The van der Waals surface area contributed by atoms with Crippen molar-refractivity contribution < 1.29 is 0 Å². The van der Waals surface area contributed by atoms with E-state index in [-0.39, 0.29) is 0 Å². The molecule has 1 aromatic heterocycles. The molecule has 1 aromatic rings. The monoisotopic (exact) mass is 262 g/mol. The van der Waals surface area contributed by atoms with Gasteiger partial charge in [0.2, 0.25) is 0 Å². The van der Waals surface area contributed by atoms with Gasteiger partial charge in [0.05, 0.1) is 6.54 Å². The molecule has 4 nitrogen and oxygen atoms in total. The first-order chi connectivity index (χ1) is 9.29. The molecule has 1 heterocycles. The first-order valence-corrected chi connectivity index (χ1v) is 7.47. The van der Waals surface area contributed by atoms with Gasteiger partial charge in [-0.1, -0.05) is 32.1 Å². The molecular weight excluding hydrogens is 236 g/mol. The Hall–Kier alpha value is -1.16. The summed E-state index contributed by atoms with van der Waals surface area (Å²) >= 11 is 0. The first kappa shape index (κ1) is 14.3. The number of hydrogen-bond acceptors (Lipinski definition) is 4. The van der Waals surface area contributed by atoms with Crippen LogP contribution >= 0.6 is 0 Å². The van der Waals surface area contributed by atoms with Crippen LogP contribution in [0.4, 0.5) is 5.82 Å². The highest BCUT2D eigenvalue weighted by Crippen LogP contribution is 2.26. The number of nitrogens with one attached hydrogen (secondary N) is 1. The second-order valence-corrected chi connectivity index (χ2v) is 5.58. The second-order valence-electron chi connectivity index (χ2n) is 5.58. The number of aromatic nitrogens is 2. The van der Waals surface area contributed by atoms with Crippen molar-refractivity contribution in [2.45, 2.75) is 45.1 Å². The first-order valence-electron chi connectivity index (χ1n) is 7.47. The summed E-state index contributed by atoms with van der Waals surface area (Å²) in [5.41, 5.74) is 0. The highest BCUT2D eigenvalue weighted by molar-refractivity contribution is 5.36. The molecular formula is C15H26N4. The standard InChI is InChI=1S/C15H26N4/c1-16-12-14-17-10-8-15(18-14)19(2)11-9-13-6-4-3-5-7-13/h8,10,13,16H,3-7,9,11-12H2,1-2H3. The minimum Gasteiger partial charge on any atom is -0.360 e. The maximum absolute atomic E-state index is 4.58. The van der Waals surface area contributed by atoms with Crippen molar-refractivity contribution in [1.82, 2.24) is 15.3 Å². The molecule has 0 spiro atoms. The topological polar surface area (TPSA) is 41.1 Å². The minimum absolute atomic E-state index is 0.726. The molecule has 0 amide bonds. The van der Waals surface area contributed by atoms with Crippen molar-refractivity contribution in [2.24, 2.45) is 5.92 Å². The zero-order valence-electron chi connectivity index (χ0n) is 12.2. The Labute approximate surface area is 116 Å². The Morgan fingerprint density at radius 1 is 1.32 bits per heavy atom. The van der Waals surface area contributed by atoms with E-state index in [1.165, 1.54) is 38.5 Å². The molecule has 19 heavy (non-hydrogen) atoms. The van der Waals surface area contributed by atoms with Crippen LogP contribution in [0.25, 0.3) is 0 Å². The van der Waals surface area contributed by atoms with Crippen LogP contribution in [0.15, 0.2) is 12.3 Å². The van der Waals surface area contributed by atoms with Gasteiger partial charge in [-0.15, -0.1) is 0 Å². The van der Waals surface area contributed by atoms with Crippen LogP contribution in [0.3, 0.4) is 0 Å². The highest BCUT2D eigenvalue weighted by Gasteiger charge is 2.14. The van der Waals surface area contributed by atoms with Gasteiger partial charge in [0.15, 0.2) is 0 Å². The van der Waals surface area contributed by atoms with Gasteiger partial charge >= 0.3 is 0 Å². The number of nitrogens with zero attached hydrogens (tertiary/aromatic N) is 3. The molecule has 1 saturated carbocycles. The van der Waals surface area contributed by atoms with Crippen molar-refractivity contribution in [2.75, 3.05) is 25.5 Å². The highest BCUT2D eigenvalue weighted by atomic mass is 15.2. The molecule has 0 bridgehead atoms. The van der Waals surface area contributed by atoms with E-state index in [4.69, 9.17) is 0 Å². The molecule has 4 heteroatoms. The Morgan fingerprint density at radius 2 is 2.11 bits per heavy atom. The van der Waals surface area contributed by atoms with E-state index < -0.39 is 0 Å². The maximum Gasteiger partial charge on any atom is 0.144 e. The Bertz CT molecular complexity index is 374. The predicted molar refractivity (Wildman–Crippen MR) is 79.3 cm³/mol. The lowest BCUT2D eigenvalue weighted by atomic mass is 9.87. The van der Waals surface area contributed by atoms with Crippen LogP contribution in [0.1, 0.15) is 44.3 Å². The largest absolute Gasteiger partial charge is 0.360 e. The zero-order chi connectivity index (χ0) is 13.5. The quantitative estimate of drug-likeness (QED) is 0.855. The molecule has 106 valence electrons. The van der Waals surface area contributed by atoms with E-state index >= 15 is 0 Å². The summed E-state index contributed by atoms with van der Waals surface area (Å²) in [5.74, 6) is 2.83. The molecule has 0 unspecified atom stereocenters. The molecule has 2 rings (SSSR count). The van der Waals surface area contributed by atoms with Crippen molar-refractivity contribution in [3.63, 3.8) is 0 Å². The number of hydrogen-bond donors (Lipinski definition) is 1. The lowest BCUT2D eigenvalue weighted by molar-refractivity contribution is 0.341. The fourth-order valence-corrected chi connectivity index (χ4v) is 2.81. The molecule has 1 N–H and O–H groups in total. The van der Waals surface area contributed by atoms with E-state index in [2.05, 4.69) is 27.2 Å². The summed E-state index contributed by atoms with van der Waals surface area (Å²) < 4.78 is 0. The van der Waals surface area contributed by atoms with Crippen molar-refractivity contribution in [3.8, 4) is 0 Å². The van der Waals surface area contributed by atoms with Crippen LogP contribution in [0.2, 0.25) is 0 Å². The van der Waals surface area contributed by atoms with Crippen molar-refractivity contribution in [3.05, 3.63) is 18.1 Å². The normalized spacial score (nSPS) is 16.5. The van der Waals surface area contributed by atoms with Crippen LogP contribution in [0, 0.1) is 5.92 Å². The summed E-state index contributed by atoms with van der Waals surface area (Å²) in [4.78, 5) is 11.1. The maximum atomic E-state index is 4.58. The van der Waals surface area contributed by atoms with Crippen LogP contribution in [-0.2, 0) is 6.54 Å². The van der Waals surface area contributed by atoms with Gasteiger partial charge in [0.1, 0.15) is 11.6 Å². The van der Waals surface area contributed by atoms with Crippen LogP contribution in [0.5, 0.6) is 0 Å². The number of rotatable bonds is 6. The van der Waals surface area contributed by atoms with Gasteiger partial charge in [0, 0.05) is 19.8 Å². The second kappa shape index (κ2) is 7.43. The SMILES string of the molecule is CNCc1nccc(N(C)CCC2CCCCC2)n1. The Kier molecular flexibility index (Phi) is 5.58. The number of anilines is 1. The van der Waals surface area contributed by atoms with Crippen LogP contribution < -0.4 is 10.2 Å². The summed E-state index contributed by atoms with van der Waals surface area (Å²) in [6.45, 7) is 1.82. The molecule has 0 radical (unpaired) electrons. The van der Waals surface area contributed by atoms with Gasteiger partial charge in [-0.25, -0.2) is 9.97 Å². The molecule has 0 atom stereocenters. The molecule has 0 aliphatic heterocycles. The summed E-state index contributed by atoms with van der Waals surface area (Å²) in [7, 11) is 4.05. The summed E-state index contributed by atoms with van der Waals surface area (Å²) in [6, 6.07) is 2.00. The van der Waals surface area contributed by atoms with Gasteiger partial charge in [-0.2, -0.15) is 0 Å². The third-order valence-corrected chi connectivity index (χ3v) is 4.01. The zero-order valence-corrected chi connectivity index (χ0v) is 12.2. The van der Waals surface area contributed by atoms with Crippen molar-refractivity contribution >= 4 is 5.82 Å². The minimum atomic E-state index is 0.726. The fourth-order valence-electron chi connectivity index (χ4n) is 2.81. The average molecular weight is 262 g/mol. The lowest BCUT2D eigenvalue weighted by Crippen LogP contribution is -2.23. The molecule has 1 aliphatic carbocycles. The van der Waals surface area contributed by atoms with Crippen molar-refractivity contribution in [1.29, 1.82) is 0 Å². The van der Waals surface area contributed by atoms with Gasteiger partial charge in [-0.3, -0.25) is 0 Å². The predicted octanol–water partition coefficient (Wildman–Crippen LogP) is 2.60. The average Bonchev–Trinajstić information content (AvgIpc) is 2.46. The third-order valence-electron chi connectivity index (χ3n) is 4.01. The van der Waals surface area contributed by atoms with Gasteiger partial charge in [-0.05, 0) is 25.5 Å². The summed E-state index contributed by atoms with van der Waals surface area (Å²) in [5, 5.41) is 3.09. The van der Waals surface area contributed by atoms with Gasteiger partial charge < -0.3 is 10.2 Å².